The van der Waals surface area contributed by atoms with E-state index in [0.29, 0.717) is 16.8 Å². The van der Waals surface area contributed by atoms with Crippen LogP contribution in [0.5, 0.6) is 0 Å². The van der Waals surface area contributed by atoms with Crippen LogP contribution >= 0.6 is 0 Å². The van der Waals surface area contributed by atoms with Gasteiger partial charge in [-0.25, -0.2) is 4.79 Å². The van der Waals surface area contributed by atoms with Crippen molar-refractivity contribution in [1.29, 1.82) is 0 Å². The van der Waals surface area contributed by atoms with Crippen molar-refractivity contribution >= 4 is 23.7 Å². The van der Waals surface area contributed by atoms with E-state index in [9.17, 15) is 19.5 Å². The quantitative estimate of drug-likeness (QED) is 0.638. The molecule has 3 rings (SSSR count). The van der Waals surface area contributed by atoms with E-state index in [-0.39, 0.29) is 30.7 Å². The molecule has 2 aromatic rings. The van der Waals surface area contributed by atoms with Crippen molar-refractivity contribution in [3.8, 4) is 0 Å². The van der Waals surface area contributed by atoms with Crippen molar-refractivity contribution in [2.24, 2.45) is 5.92 Å². The van der Waals surface area contributed by atoms with Crippen LogP contribution in [0.2, 0.25) is 0 Å². The largest absolute Gasteiger partial charge is 0.550 e. The molecule has 7 nitrogen and oxygen atoms in total. The van der Waals surface area contributed by atoms with Gasteiger partial charge in [-0.1, -0.05) is 31.2 Å². The smallest absolute Gasteiger partial charge is 0.407 e. The lowest BCUT2D eigenvalue weighted by Gasteiger charge is -2.34. The Kier molecular flexibility index (Phi) is 7.97. The zero-order valence-electron chi connectivity index (χ0n) is 20.3. The first kappa shape index (κ1) is 25.3. The first-order valence-electron chi connectivity index (χ1n) is 11.8. The molecule has 34 heavy (non-hydrogen) atoms. The van der Waals surface area contributed by atoms with Gasteiger partial charge in [0.2, 0.25) is 0 Å². The van der Waals surface area contributed by atoms with Gasteiger partial charge in [0.05, 0.1) is 0 Å². The summed E-state index contributed by atoms with van der Waals surface area (Å²) in [6, 6.07) is 12.9. The minimum atomic E-state index is -1.02. The second-order valence-corrected chi connectivity index (χ2v) is 9.77. The number of rotatable bonds is 7. The number of amides is 2. The number of carbonyl (C=O) groups is 3. The Morgan fingerprint density at radius 1 is 1.12 bits per heavy atom. The highest BCUT2D eigenvalue weighted by molar-refractivity contribution is 6.05. The number of hydrogen-bond donors (Lipinski definition) is 2. The van der Waals surface area contributed by atoms with Crippen LogP contribution in [0.3, 0.4) is 0 Å². The number of nitrogens with one attached hydrogen (secondary N) is 2. The lowest BCUT2D eigenvalue weighted by Crippen LogP contribution is -2.32. The number of carboxylic acid groups (broad SMARTS) is 1. The summed E-state index contributed by atoms with van der Waals surface area (Å²) in [6.45, 7) is 7.58. The lowest BCUT2D eigenvalue weighted by molar-refractivity contribution is -0.307. The minimum absolute atomic E-state index is 0.0353. The van der Waals surface area contributed by atoms with Gasteiger partial charge in [-0.05, 0) is 93.2 Å². The van der Waals surface area contributed by atoms with Crippen LogP contribution in [-0.4, -0.2) is 23.6 Å². The van der Waals surface area contributed by atoms with Crippen LogP contribution in [0.4, 0.5) is 10.5 Å². The van der Waals surface area contributed by atoms with E-state index in [1.54, 1.807) is 39.0 Å². The SMILES string of the molecule is CCC1c2cc(NC(=O)c3ccccc3CNC(=O)OC(C)(C)C)ccc2CCC1CC(=O)[O-]. The van der Waals surface area contributed by atoms with Crippen LogP contribution in [0, 0.1) is 5.92 Å². The molecule has 2 N–H and O–H groups in total. The fourth-order valence-corrected chi connectivity index (χ4v) is 4.63. The van der Waals surface area contributed by atoms with Gasteiger partial charge in [-0.3, -0.25) is 4.79 Å². The Morgan fingerprint density at radius 3 is 2.53 bits per heavy atom. The van der Waals surface area contributed by atoms with Crippen LogP contribution < -0.4 is 15.7 Å². The monoisotopic (exact) mass is 465 g/mol. The number of aryl methyl sites for hydroxylation is 1. The Labute approximate surface area is 200 Å². The number of anilines is 1. The van der Waals surface area contributed by atoms with Gasteiger partial charge >= 0.3 is 6.09 Å². The molecule has 2 aromatic carbocycles. The van der Waals surface area contributed by atoms with E-state index in [1.165, 1.54) is 5.56 Å². The molecule has 2 atom stereocenters. The molecule has 0 radical (unpaired) electrons. The van der Waals surface area contributed by atoms with E-state index in [2.05, 4.69) is 17.6 Å². The van der Waals surface area contributed by atoms with Gasteiger partial charge in [0.25, 0.3) is 5.91 Å². The van der Waals surface area contributed by atoms with E-state index >= 15 is 0 Å². The second kappa shape index (κ2) is 10.7. The van der Waals surface area contributed by atoms with Crippen molar-refractivity contribution in [2.75, 3.05) is 5.32 Å². The standard InChI is InChI=1S/C27H34N2O5/c1-5-21-18(14-24(30)31)11-10-17-12-13-20(15-23(17)21)29-25(32)22-9-7-6-8-19(22)16-28-26(33)34-27(2,3)4/h6-9,12-13,15,18,21H,5,10-11,14,16H2,1-4H3,(H,28,33)(H,29,32)(H,30,31)/p-1. The molecule has 7 heteroatoms. The Bertz CT molecular complexity index is 1060. The molecule has 1 aliphatic carbocycles. The number of benzene rings is 2. The summed E-state index contributed by atoms with van der Waals surface area (Å²) in [5, 5.41) is 16.9. The topological polar surface area (TPSA) is 108 Å². The van der Waals surface area contributed by atoms with E-state index in [0.717, 1.165) is 24.8 Å². The summed E-state index contributed by atoms with van der Waals surface area (Å²) in [6.07, 6.45) is 1.96. The number of fused-ring (bicyclic) bond motifs is 1. The molecule has 0 aliphatic heterocycles. The molecule has 0 aromatic heterocycles. The molecular weight excluding hydrogens is 432 g/mol. The third kappa shape index (κ3) is 6.59. The second-order valence-electron chi connectivity index (χ2n) is 9.77. The number of aliphatic carboxylic acids is 1. The van der Waals surface area contributed by atoms with Crippen molar-refractivity contribution in [3.63, 3.8) is 0 Å². The van der Waals surface area contributed by atoms with E-state index in [4.69, 9.17) is 4.74 Å². The molecule has 2 unspecified atom stereocenters. The molecule has 0 fully saturated rings. The number of hydrogen-bond acceptors (Lipinski definition) is 5. The Hall–Kier alpha value is -3.35. The molecular formula is C27H33N2O5-. The molecule has 1 aliphatic rings. The highest BCUT2D eigenvalue weighted by Gasteiger charge is 2.28. The highest BCUT2D eigenvalue weighted by atomic mass is 16.6. The maximum absolute atomic E-state index is 13.1. The number of ether oxygens (including phenoxy) is 1. The van der Waals surface area contributed by atoms with E-state index < -0.39 is 17.7 Å². The number of carbonyl (C=O) groups excluding carboxylic acids is 3. The summed E-state index contributed by atoms with van der Waals surface area (Å²) >= 11 is 0. The zero-order valence-corrected chi connectivity index (χ0v) is 20.3. The maximum atomic E-state index is 13.1. The number of alkyl carbamates (subject to hydrolysis) is 1. The maximum Gasteiger partial charge on any atom is 0.407 e. The average Bonchev–Trinajstić information content (AvgIpc) is 2.76. The molecule has 0 bridgehead atoms. The van der Waals surface area contributed by atoms with E-state index in [1.807, 2.05) is 24.3 Å². The predicted octanol–water partition coefficient (Wildman–Crippen LogP) is 4.16. The van der Waals surface area contributed by atoms with Gasteiger partial charge in [-0.15, -0.1) is 0 Å². The first-order valence-corrected chi connectivity index (χ1v) is 11.8. The van der Waals surface area contributed by atoms with Crippen molar-refractivity contribution in [2.45, 2.75) is 71.4 Å². The van der Waals surface area contributed by atoms with Gasteiger partial charge in [-0.2, -0.15) is 0 Å². The Morgan fingerprint density at radius 2 is 1.85 bits per heavy atom. The third-order valence-corrected chi connectivity index (χ3v) is 6.11. The highest BCUT2D eigenvalue weighted by Crippen LogP contribution is 2.41. The molecule has 0 heterocycles. The van der Waals surface area contributed by atoms with Crippen LogP contribution in [0.25, 0.3) is 0 Å². The van der Waals surface area contributed by atoms with Crippen molar-refractivity contribution < 1.29 is 24.2 Å². The fraction of sp³-hybridized carbons (Fsp3) is 0.444. The Balaban J connectivity index is 1.75. The molecule has 0 saturated heterocycles. The van der Waals surface area contributed by atoms with Crippen LogP contribution in [0.15, 0.2) is 42.5 Å². The van der Waals surface area contributed by atoms with Gasteiger partial charge < -0.3 is 25.3 Å². The molecule has 0 saturated carbocycles. The van der Waals surface area contributed by atoms with Gasteiger partial charge in [0.15, 0.2) is 0 Å². The van der Waals surface area contributed by atoms with Gasteiger partial charge in [0.1, 0.15) is 5.60 Å². The summed E-state index contributed by atoms with van der Waals surface area (Å²) in [4.78, 5) is 36.3. The third-order valence-electron chi connectivity index (χ3n) is 6.11. The minimum Gasteiger partial charge on any atom is -0.550 e. The summed E-state index contributed by atoms with van der Waals surface area (Å²) in [5.41, 5.74) is 3.47. The van der Waals surface area contributed by atoms with Crippen molar-refractivity contribution in [3.05, 3.63) is 64.7 Å². The molecule has 0 spiro atoms. The normalized spacial score (nSPS) is 17.4. The number of carboxylic acids is 1. The average molecular weight is 466 g/mol. The van der Waals surface area contributed by atoms with Crippen LogP contribution in [-0.2, 0) is 22.5 Å². The van der Waals surface area contributed by atoms with Gasteiger partial charge in [0, 0.05) is 23.8 Å². The lowest BCUT2D eigenvalue weighted by atomic mass is 9.72. The summed E-state index contributed by atoms with van der Waals surface area (Å²) in [5.74, 6) is -1.15. The molecule has 2 amide bonds. The zero-order chi connectivity index (χ0) is 24.9. The molecule has 182 valence electrons. The predicted molar refractivity (Wildman–Crippen MR) is 128 cm³/mol. The summed E-state index contributed by atoms with van der Waals surface area (Å²) in [7, 11) is 0. The first-order chi connectivity index (χ1) is 16.1. The fourth-order valence-electron chi connectivity index (χ4n) is 4.63. The van der Waals surface area contributed by atoms with Crippen LogP contribution in [0.1, 0.15) is 79.9 Å². The summed E-state index contributed by atoms with van der Waals surface area (Å²) < 4.78 is 5.27. The van der Waals surface area contributed by atoms with Crippen molar-refractivity contribution in [1.82, 2.24) is 5.32 Å².